The predicted molar refractivity (Wildman–Crippen MR) is 97.0 cm³/mol. The van der Waals surface area contributed by atoms with Crippen molar-refractivity contribution in [2.24, 2.45) is 0 Å². The molecule has 5 nitrogen and oxygen atoms in total. The highest BCUT2D eigenvalue weighted by atomic mass is 32.1. The van der Waals surface area contributed by atoms with Crippen molar-refractivity contribution in [1.29, 1.82) is 0 Å². The fraction of sp³-hybridized carbons (Fsp3) is 0.111. The average molecular weight is 342 g/mol. The number of hydroxylamine groups is 1. The molecular weight excluding hydrogens is 324 g/mol. The maximum atomic E-state index is 11.7. The van der Waals surface area contributed by atoms with E-state index < -0.39 is 0 Å². The second-order valence-corrected chi connectivity index (χ2v) is 5.26. The summed E-state index contributed by atoms with van der Waals surface area (Å²) in [6, 6.07) is 16.6. The van der Waals surface area contributed by atoms with Gasteiger partial charge in [0, 0.05) is 11.6 Å². The molecule has 0 radical (unpaired) electrons. The van der Waals surface area contributed by atoms with E-state index in [4.69, 9.17) is 22.2 Å². The molecule has 2 aromatic rings. The molecule has 0 aliphatic carbocycles. The van der Waals surface area contributed by atoms with Gasteiger partial charge in [-0.3, -0.25) is 15.5 Å². The first-order valence-corrected chi connectivity index (χ1v) is 7.78. The van der Waals surface area contributed by atoms with Crippen molar-refractivity contribution in [2.45, 2.75) is 0 Å². The predicted octanol–water partition coefficient (Wildman–Crippen LogP) is 2.55. The molecule has 24 heavy (non-hydrogen) atoms. The van der Waals surface area contributed by atoms with Gasteiger partial charge in [-0.05, 0) is 35.9 Å². The summed E-state index contributed by atoms with van der Waals surface area (Å²) in [5, 5.41) is 11.5. The number of carbonyl (C=O) groups is 1. The van der Waals surface area contributed by atoms with Gasteiger partial charge in [0.05, 0.1) is 6.54 Å². The number of carbonyl (C=O) groups excluding carboxylic acids is 1. The van der Waals surface area contributed by atoms with Gasteiger partial charge in [0.25, 0.3) is 0 Å². The van der Waals surface area contributed by atoms with Gasteiger partial charge >= 0.3 is 0 Å². The van der Waals surface area contributed by atoms with Crippen molar-refractivity contribution in [3.8, 4) is 5.75 Å². The molecule has 1 amide bonds. The summed E-state index contributed by atoms with van der Waals surface area (Å²) in [7, 11) is 0. The molecule has 0 unspecified atom stereocenters. The highest BCUT2D eigenvalue weighted by Crippen LogP contribution is 2.12. The number of hydrogen-bond acceptors (Lipinski definition) is 4. The lowest BCUT2D eigenvalue weighted by Gasteiger charge is -2.08. The van der Waals surface area contributed by atoms with Gasteiger partial charge in [0.2, 0.25) is 5.91 Å². The third-order valence-electron chi connectivity index (χ3n) is 3.11. The Labute approximate surface area is 145 Å². The van der Waals surface area contributed by atoms with E-state index in [1.54, 1.807) is 30.3 Å². The van der Waals surface area contributed by atoms with E-state index in [1.165, 1.54) is 6.08 Å². The number of benzene rings is 2. The van der Waals surface area contributed by atoms with Crippen LogP contribution in [-0.4, -0.2) is 29.3 Å². The van der Waals surface area contributed by atoms with Crippen LogP contribution < -0.4 is 15.5 Å². The minimum Gasteiger partial charge on any atom is -0.492 e. The van der Waals surface area contributed by atoms with Gasteiger partial charge in [-0.1, -0.05) is 42.5 Å². The van der Waals surface area contributed by atoms with E-state index in [-0.39, 0.29) is 10.9 Å². The van der Waals surface area contributed by atoms with Crippen LogP contribution in [0.15, 0.2) is 60.7 Å². The smallest absolute Gasteiger partial charge is 0.244 e. The van der Waals surface area contributed by atoms with E-state index in [0.29, 0.717) is 24.5 Å². The summed E-state index contributed by atoms with van der Waals surface area (Å²) in [5.74, 6) is 0.491. The molecule has 0 aliphatic rings. The monoisotopic (exact) mass is 342 g/mol. The molecule has 0 saturated carbocycles. The zero-order valence-corrected chi connectivity index (χ0v) is 13.8. The Kier molecular flexibility index (Phi) is 6.94. The van der Waals surface area contributed by atoms with Crippen LogP contribution in [0, 0.1) is 0 Å². The Hall–Kier alpha value is -2.70. The summed E-state index contributed by atoms with van der Waals surface area (Å²) in [4.78, 5) is 11.9. The molecule has 0 heterocycles. The molecule has 0 bridgehead atoms. The van der Waals surface area contributed by atoms with Gasteiger partial charge in [-0.15, -0.1) is 0 Å². The van der Waals surface area contributed by atoms with Crippen LogP contribution in [0.4, 0.5) is 0 Å². The van der Waals surface area contributed by atoms with Crippen LogP contribution in [0.2, 0.25) is 0 Å². The Morgan fingerprint density at radius 1 is 1.12 bits per heavy atom. The second-order valence-electron chi connectivity index (χ2n) is 4.85. The number of ether oxygens (including phenoxy) is 1. The van der Waals surface area contributed by atoms with Crippen molar-refractivity contribution >= 4 is 29.2 Å². The first-order chi connectivity index (χ1) is 11.7. The molecule has 0 atom stereocenters. The topological polar surface area (TPSA) is 70.6 Å². The number of rotatable bonds is 7. The maximum absolute atomic E-state index is 11.7. The van der Waals surface area contributed by atoms with Crippen molar-refractivity contribution in [1.82, 2.24) is 10.8 Å². The molecular formula is C18H18N2O3S. The minimum atomic E-state index is -0.169. The normalized spacial score (nSPS) is 10.4. The van der Waals surface area contributed by atoms with Crippen molar-refractivity contribution in [2.75, 3.05) is 13.2 Å². The van der Waals surface area contributed by atoms with Crippen LogP contribution in [0.1, 0.15) is 11.1 Å². The molecule has 6 heteroatoms. The summed E-state index contributed by atoms with van der Waals surface area (Å²) >= 11 is 4.90. The Morgan fingerprint density at radius 2 is 1.83 bits per heavy atom. The lowest BCUT2D eigenvalue weighted by Crippen LogP contribution is -2.26. The maximum Gasteiger partial charge on any atom is 0.244 e. The van der Waals surface area contributed by atoms with E-state index in [0.717, 1.165) is 5.56 Å². The van der Waals surface area contributed by atoms with Crippen molar-refractivity contribution < 1.29 is 14.7 Å². The summed E-state index contributed by atoms with van der Waals surface area (Å²) in [5.41, 5.74) is 3.59. The van der Waals surface area contributed by atoms with Gasteiger partial charge in [-0.25, -0.2) is 0 Å². The second kappa shape index (κ2) is 9.44. The first-order valence-electron chi connectivity index (χ1n) is 7.37. The highest BCUT2D eigenvalue weighted by Gasteiger charge is 2.00. The molecule has 124 valence electrons. The van der Waals surface area contributed by atoms with Crippen LogP contribution in [0.3, 0.4) is 0 Å². The van der Waals surface area contributed by atoms with E-state index in [2.05, 4.69) is 5.32 Å². The lowest BCUT2D eigenvalue weighted by atomic mass is 10.2. The van der Waals surface area contributed by atoms with Gasteiger partial charge in [-0.2, -0.15) is 0 Å². The highest BCUT2D eigenvalue weighted by molar-refractivity contribution is 7.80. The van der Waals surface area contributed by atoms with Gasteiger partial charge in [0.1, 0.15) is 17.3 Å². The third kappa shape index (κ3) is 5.83. The molecule has 2 aromatic carbocycles. The number of thiocarbonyl (C=S) groups is 1. The Bertz CT molecular complexity index is 700. The standard InChI is InChI=1S/C18H18N2O3S/c21-17(11-6-14-4-2-1-3-5-14)19-12-13-23-16-9-7-15(8-10-16)18(24)20-22/h1-11,22H,12-13H2,(H,19,21)(H,20,24). The zero-order valence-electron chi connectivity index (χ0n) is 12.9. The van der Waals surface area contributed by atoms with E-state index in [9.17, 15) is 4.79 Å². The molecule has 0 aliphatic heterocycles. The first kappa shape index (κ1) is 17.7. The van der Waals surface area contributed by atoms with Crippen LogP contribution in [0.5, 0.6) is 5.75 Å². The number of hydrogen-bond donors (Lipinski definition) is 3. The van der Waals surface area contributed by atoms with E-state index >= 15 is 0 Å². The third-order valence-corrected chi connectivity index (χ3v) is 3.44. The molecule has 2 rings (SSSR count). The molecule has 0 spiro atoms. The fourth-order valence-electron chi connectivity index (χ4n) is 1.91. The lowest BCUT2D eigenvalue weighted by molar-refractivity contribution is -0.116. The largest absolute Gasteiger partial charge is 0.492 e. The minimum absolute atomic E-state index is 0.169. The quantitative estimate of drug-likeness (QED) is 0.312. The molecule has 0 fully saturated rings. The number of amides is 1. The van der Waals surface area contributed by atoms with Crippen molar-refractivity contribution in [3.63, 3.8) is 0 Å². The van der Waals surface area contributed by atoms with Gasteiger partial charge < -0.3 is 10.1 Å². The molecule has 0 saturated heterocycles. The van der Waals surface area contributed by atoms with E-state index in [1.807, 2.05) is 35.8 Å². The fourth-order valence-corrected chi connectivity index (χ4v) is 2.04. The Balaban J connectivity index is 1.70. The summed E-state index contributed by atoms with van der Waals surface area (Å²) in [6.45, 7) is 0.753. The summed E-state index contributed by atoms with van der Waals surface area (Å²) < 4.78 is 5.52. The van der Waals surface area contributed by atoms with Crippen molar-refractivity contribution in [3.05, 3.63) is 71.8 Å². The van der Waals surface area contributed by atoms with Crippen LogP contribution >= 0.6 is 12.2 Å². The average Bonchev–Trinajstić information content (AvgIpc) is 2.64. The molecule has 3 N–H and O–H groups in total. The molecule has 0 aromatic heterocycles. The van der Waals surface area contributed by atoms with Crippen LogP contribution in [-0.2, 0) is 4.79 Å². The number of nitrogens with one attached hydrogen (secondary N) is 2. The summed E-state index contributed by atoms with van der Waals surface area (Å²) in [6.07, 6.45) is 3.25. The Morgan fingerprint density at radius 3 is 2.50 bits per heavy atom. The zero-order chi connectivity index (χ0) is 17.2. The SMILES string of the molecule is O=C(C=Cc1ccccc1)NCCOc1ccc(C(=S)NO)cc1. The van der Waals surface area contributed by atoms with Crippen LogP contribution in [0.25, 0.3) is 6.08 Å². The van der Waals surface area contributed by atoms with Gasteiger partial charge in [0.15, 0.2) is 0 Å².